The van der Waals surface area contributed by atoms with Gasteiger partial charge in [0.2, 0.25) is 5.88 Å². The lowest BCUT2D eigenvalue weighted by Gasteiger charge is -2.20. The largest absolute Gasteiger partial charge is 0.473 e. The van der Waals surface area contributed by atoms with E-state index in [0.717, 1.165) is 0 Å². The van der Waals surface area contributed by atoms with E-state index in [1.54, 1.807) is 6.20 Å². The van der Waals surface area contributed by atoms with Crippen LogP contribution in [0.2, 0.25) is 0 Å². The van der Waals surface area contributed by atoms with Crippen LogP contribution in [-0.2, 0) is 5.41 Å². The van der Waals surface area contributed by atoms with E-state index in [1.807, 2.05) is 19.1 Å². The molecule has 1 aromatic rings. The lowest BCUT2D eigenvalue weighted by Crippen LogP contribution is -2.23. The van der Waals surface area contributed by atoms with Crippen LogP contribution < -0.4 is 10.5 Å². The molecule has 0 aliphatic carbocycles. The molecule has 0 saturated heterocycles. The van der Waals surface area contributed by atoms with Crippen molar-refractivity contribution in [2.24, 2.45) is 5.73 Å². The van der Waals surface area contributed by atoms with Gasteiger partial charge in [-0.05, 0) is 24.0 Å². The highest BCUT2D eigenvalue weighted by atomic mass is 16.5. The molecule has 0 aliphatic rings. The molecule has 84 valence electrons. The van der Waals surface area contributed by atoms with E-state index >= 15 is 0 Å². The quantitative estimate of drug-likeness (QED) is 0.827. The first-order valence-corrected chi connectivity index (χ1v) is 5.26. The number of hydrogen-bond donors (Lipinski definition) is 1. The van der Waals surface area contributed by atoms with Crippen molar-refractivity contribution in [1.82, 2.24) is 4.98 Å². The fraction of sp³-hybridized carbons (Fsp3) is 0.583. The molecule has 0 radical (unpaired) electrons. The van der Waals surface area contributed by atoms with Crippen LogP contribution in [0.4, 0.5) is 0 Å². The van der Waals surface area contributed by atoms with Gasteiger partial charge in [0.05, 0.1) is 0 Å². The summed E-state index contributed by atoms with van der Waals surface area (Å²) in [5, 5.41) is 0. The van der Waals surface area contributed by atoms with Gasteiger partial charge in [0.25, 0.3) is 0 Å². The molecule has 0 aliphatic heterocycles. The molecule has 2 N–H and O–H groups in total. The number of nitrogens with two attached hydrogens (primary N) is 1. The number of rotatable bonds is 3. The number of ether oxygens (including phenoxy) is 1. The van der Waals surface area contributed by atoms with Gasteiger partial charge >= 0.3 is 0 Å². The molecule has 0 unspecified atom stereocenters. The zero-order valence-electron chi connectivity index (χ0n) is 9.95. The van der Waals surface area contributed by atoms with Gasteiger partial charge in [-0.3, -0.25) is 0 Å². The molecule has 1 aromatic heterocycles. The lowest BCUT2D eigenvalue weighted by atomic mass is 9.88. The predicted octanol–water partition coefficient (Wildman–Crippen LogP) is 2.11. The maximum absolute atomic E-state index is 5.56. The first-order valence-electron chi connectivity index (χ1n) is 5.26. The second kappa shape index (κ2) is 4.62. The van der Waals surface area contributed by atoms with Crippen molar-refractivity contribution in [2.75, 3.05) is 6.54 Å². The number of pyridine rings is 1. The van der Waals surface area contributed by atoms with Gasteiger partial charge in [0.15, 0.2) is 0 Å². The Bertz CT molecular complexity index is 318. The predicted molar refractivity (Wildman–Crippen MR) is 62.1 cm³/mol. The fourth-order valence-corrected chi connectivity index (χ4v) is 1.19. The first kappa shape index (κ1) is 12.0. The van der Waals surface area contributed by atoms with Gasteiger partial charge in [0, 0.05) is 18.8 Å². The minimum Gasteiger partial charge on any atom is -0.473 e. The third-order valence-corrected chi connectivity index (χ3v) is 2.25. The van der Waals surface area contributed by atoms with E-state index in [4.69, 9.17) is 10.5 Å². The van der Waals surface area contributed by atoms with E-state index < -0.39 is 0 Å². The normalized spacial score (nSPS) is 13.7. The van der Waals surface area contributed by atoms with Crippen molar-refractivity contribution in [3.05, 3.63) is 23.9 Å². The van der Waals surface area contributed by atoms with Crippen LogP contribution in [0.1, 0.15) is 33.3 Å². The molecule has 15 heavy (non-hydrogen) atoms. The van der Waals surface area contributed by atoms with Crippen molar-refractivity contribution in [3.63, 3.8) is 0 Å². The Morgan fingerprint density at radius 3 is 2.67 bits per heavy atom. The Morgan fingerprint density at radius 2 is 2.13 bits per heavy atom. The standard InChI is InChI=1S/C12H20N2O/c1-9(8-13)15-11-7-10(5-6-14-11)12(2,3)4/h5-7,9H,8,13H2,1-4H3/t9-/m1/s1. The van der Waals surface area contributed by atoms with E-state index in [2.05, 4.69) is 25.8 Å². The van der Waals surface area contributed by atoms with Gasteiger partial charge in [-0.25, -0.2) is 4.98 Å². The molecule has 1 atom stereocenters. The molecule has 1 heterocycles. The zero-order valence-corrected chi connectivity index (χ0v) is 9.95. The average Bonchev–Trinajstić information content (AvgIpc) is 2.17. The minimum atomic E-state index is 0.00715. The second-order valence-corrected chi connectivity index (χ2v) is 4.80. The summed E-state index contributed by atoms with van der Waals surface area (Å²) in [6, 6.07) is 3.99. The Morgan fingerprint density at radius 1 is 1.47 bits per heavy atom. The summed E-state index contributed by atoms with van der Waals surface area (Å²) in [4.78, 5) is 4.16. The Hall–Kier alpha value is -1.09. The summed E-state index contributed by atoms with van der Waals surface area (Å²) < 4.78 is 5.56. The maximum Gasteiger partial charge on any atom is 0.213 e. The van der Waals surface area contributed by atoms with Gasteiger partial charge in [-0.15, -0.1) is 0 Å². The maximum atomic E-state index is 5.56. The van der Waals surface area contributed by atoms with E-state index in [-0.39, 0.29) is 11.5 Å². The van der Waals surface area contributed by atoms with Crippen LogP contribution >= 0.6 is 0 Å². The molecule has 0 fully saturated rings. The van der Waals surface area contributed by atoms with Crippen LogP contribution in [-0.4, -0.2) is 17.6 Å². The van der Waals surface area contributed by atoms with E-state index in [1.165, 1.54) is 5.56 Å². The summed E-state index contributed by atoms with van der Waals surface area (Å²) in [5.41, 5.74) is 6.83. The molecule has 3 nitrogen and oxygen atoms in total. The van der Waals surface area contributed by atoms with E-state index in [9.17, 15) is 0 Å². The monoisotopic (exact) mass is 208 g/mol. The third-order valence-electron chi connectivity index (χ3n) is 2.25. The molecular formula is C12H20N2O. The summed E-state index contributed by atoms with van der Waals surface area (Å²) in [6.07, 6.45) is 1.78. The molecule has 3 heteroatoms. The van der Waals surface area contributed by atoms with Crippen LogP contribution in [0.5, 0.6) is 5.88 Å². The summed E-state index contributed by atoms with van der Waals surface area (Å²) in [5.74, 6) is 0.653. The molecule has 0 amide bonds. The highest BCUT2D eigenvalue weighted by Crippen LogP contribution is 2.24. The molecule has 1 rings (SSSR count). The minimum absolute atomic E-state index is 0.00715. The molecule has 0 bridgehead atoms. The zero-order chi connectivity index (χ0) is 11.5. The van der Waals surface area contributed by atoms with Crippen LogP contribution in [0, 0.1) is 0 Å². The molecule has 0 spiro atoms. The summed E-state index contributed by atoms with van der Waals surface area (Å²) in [7, 11) is 0. The number of hydrogen-bond acceptors (Lipinski definition) is 3. The lowest BCUT2D eigenvalue weighted by molar-refractivity contribution is 0.220. The van der Waals surface area contributed by atoms with Crippen molar-refractivity contribution < 1.29 is 4.74 Å². The highest BCUT2D eigenvalue weighted by Gasteiger charge is 2.14. The average molecular weight is 208 g/mol. The summed E-state index contributed by atoms with van der Waals surface area (Å²) >= 11 is 0. The van der Waals surface area contributed by atoms with Gasteiger partial charge < -0.3 is 10.5 Å². The SMILES string of the molecule is C[C@H](CN)Oc1cc(C(C)(C)C)ccn1. The Balaban J connectivity index is 2.84. The van der Waals surface area contributed by atoms with Gasteiger partial charge in [0.1, 0.15) is 6.10 Å². The fourth-order valence-electron chi connectivity index (χ4n) is 1.19. The van der Waals surface area contributed by atoms with Crippen LogP contribution in [0.15, 0.2) is 18.3 Å². The van der Waals surface area contributed by atoms with Crippen molar-refractivity contribution in [1.29, 1.82) is 0 Å². The first-order chi connectivity index (χ1) is 6.93. The Kier molecular flexibility index (Phi) is 3.69. The van der Waals surface area contributed by atoms with Gasteiger partial charge in [-0.2, -0.15) is 0 Å². The molecule has 0 aromatic carbocycles. The summed E-state index contributed by atoms with van der Waals surface area (Å²) in [6.45, 7) is 8.93. The topological polar surface area (TPSA) is 48.1 Å². The van der Waals surface area contributed by atoms with Gasteiger partial charge in [-0.1, -0.05) is 20.8 Å². The molecule has 0 saturated carbocycles. The van der Waals surface area contributed by atoms with Crippen LogP contribution in [0.25, 0.3) is 0 Å². The second-order valence-electron chi connectivity index (χ2n) is 4.80. The van der Waals surface area contributed by atoms with Crippen molar-refractivity contribution in [3.8, 4) is 5.88 Å². The Labute approximate surface area is 91.7 Å². The van der Waals surface area contributed by atoms with Crippen molar-refractivity contribution >= 4 is 0 Å². The van der Waals surface area contributed by atoms with Crippen molar-refractivity contribution in [2.45, 2.75) is 39.2 Å². The molecular weight excluding hydrogens is 188 g/mol. The third kappa shape index (κ3) is 3.51. The van der Waals surface area contributed by atoms with E-state index in [0.29, 0.717) is 12.4 Å². The van der Waals surface area contributed by atoms with Crippen LogP contribution in [0.3, 0.4) is 0 Å². The smallest absolute Gasteiger partial charge is 0.213 e. The number of nitrogens with zero attached hydrogens (tertiary/aromatic N) is 1. The highest BCUT2D eigenvalue weighted by molar-refractivity contribution is 5.26. The number of aromatic nitrogens is 1.